The first-order valence-corrected chi connectivity index (χ1v) is 5.91. The molecule has 0 bridgehead atoms. The van der Waals surface area contributed by atoms with Gasteiger partial charge in [0.25, 0.3) is 0 Å². The molecule has 0 aliphatic carbocycles. The monoisotopic (exact) mass is 260 g/mol. The second-order valence-electron chi connectivity index (χ2n) is 3.96. The number of nitrogens with one attached hydrogen (secondary N) is 2. The first-order chi connectivity index (χ1) is 8.47. The fourth-order valence-corrected chi connectivity index (χ4v) is 1.62. The van der Waals surface area contributed by atoms with Gasteiger partial charge in [-0.05, 0) is 38.8 Å². The van der Waals surface area contributed by atoms with Crippen LogP contribution in [0.15, 0.2) is 0 Å². The van der Waals surface area contributed by atoms with Gasteiger partial charge in [0.15, 0.2) is 0 Å². The highest BCUT2D eigenvalue weighted by Gasteiger charge is 2.15. The number of carbonyl (C=O) groups excluding carboxylic acids is 1. The Morgan fingerprint density at radius 3 is 2.06 bits per heavy atom. The Balaban J connectivity index is 0.000000411. The van der Waals surface area contributed by atoms with Crippen molar-refractivity contribution < 1.29 is 24.6 Å². The molecule has 1 fully saturated rings. The summed E-state index contributed by atoms with van der Waals surface area (Å²) in [5, 5.41) is 20.9. The maximum atomic E-state index is 11.2. The molecule has 104 valence electrons. The van der Waals surface area contributed by atoms with Gasteiger partial charge in [-0.3, -0.25) is 4.79 Å². The average Bonchev–Trinajstić information content (AvgIpc) is 2.31. The minimum Gasteiger partial charge on any atom is -0.473 e. The number of carbonyl (C=O) groups is 3. The van der Waals surface area contributed by atoms with Crippen molar-refractivity contribution >= 4 is 17.8 Å². The van der Waals surface area contributed by atoms with Gasteiger partial charge in [0.2, 0.25) is 5.91 Å². The standard InChI is InChI=1S/C9H18N2O.C2H2O4/c1-2-11-9(12)7-8-3-5-10-6-4-8;3-1(4)2(5)6/h8,10H,2-7H2,1H3,(H,11,12);(H,3,4)(H,5,6). The van der Waals surface area contributed by atoms with Gasteiger partial charge in [0.05, 0.1) is 0 Å². The molecule has 0 aromatic heterocycles. The van der Waals surface area contributed by atoms with E-state index in [-0.39, 0.29) is 5.91 Å². The Labute approximate surface area is 106 Å². The molecule has 18 heavy (non-hydrogen) atoms. The summed E-state index contributed by atoms with van der Waals surface area (Å²) < 4.78 is 0. The van der Waals surface area contributed by atoms with Crippen LogP contribution < -0.4 is 10.6 Å². The molecular formula is C11H20N2O5. The van der Waals surface area contributed by atoms with Crippen LogP contribution in [0.5, 0.6) is 0 Å². The van der Waals surface area contributed by atoms with E-state index in [1.54, 1.807) is 0 Å². The van der Waals surface area contributed by atoms with E-state index >= 15 is 0 Å². The van der Waals surface area contributed by atoms with Gasteiger partial charge in [-0.1, -0.05) is 0 Å². The lowest BCUT2D eigenvalue weighted by Crippen LogP contribution is -2.32. The highest BCUT2D eigenvalue weighted by molar-refractivity contribution is 6.27. The lowest BCUT2D eigenvalue weighted by molar-refractivity contribution is -0.159. The number of aliphatic carboxylic acids is 2. The van der Waals surface area contributed by atoms with Crippen LogP contribution in [-0.2, 0) is 14.4 Å². The molecule has 1 aliphatic rings. The molecule has 0 saturated carbocycles. The molecule has 0 aromatic carbocycles. The van der Waals surface area contributed by atoms with Crippen molar-refractivity contribution in [1.82, 2.24) is 10.6 Å². The Kier molecular flexibility index (Phi) is 8.55. The van der Waals surface area contributed by atoms with E-state index in [2.05, 4.69) is 10.6 Å². The Morgan fingerprint density at radius 1 is 1.17 bits per heavy atom. The van der Waals surface area contributed by atoms with E-state index in [4.69, 9.17) is 19.8 Å². The zero-order valence-electron chi connectivity index (χ0n) is 10.4. The van der Waals surface area contributed by atoms with Gasteiger partial charge < -0.3 is 20.8 Å². The molecule has 0 spiro atoms. The highest BCUT2D eigenvalue weighted by Crippen LogP contribution is 2.15. The third kappa shape index (κ3) is 8.51. The summed E-state index contributed by atoms with van der Waals surface area (Å²) in [5.74, 6) is -2.83. The third-order valence-electron chi connectivity index (χ3n) is 2.49. The summed E-state index contributed by atoms with van der Waals surface area (Å²) in [6, 6.07) is 0. The van der Waals surface area contributed by atoms with Crippen LogP contribution in [0.2, 0.25) is 0 Å². The molecule has 1 heterocycles. The largest absolute Gasteiger partial charge is 0.473 e. The van der Waals surface area contributed by atoms with E-state index in [1.165, 1.54) is 0 Å². The normalized spacial score (nSPS) is 15.2. The maximum absolute atomic E-state index is 11.2. The lowest BCUT2D eigenvalue weighted by atomic mass is 9.94. The summed E-state index contributed by atoms with van der Waals surface area (Å²) in [6.07, 6.45) is 3.02. The topological polar surface area (TPSA) is 116 Å². The van der Waals surface area contributed by atoms with Crippen LogP contribution in [0.4, 0.5) is 0 Å². The summed E-state index contributed by atoms with van der Waals surface area (Å²) in [6.45, 7) is 4.86. The van der Waals surface area contributed by atoms with Crippen LogP contribution in [0.1, 0.15) is 26.2 Å². The molecule has 7 nitrogen and oxygen atoms in total. The highest BCUT2D eigenvalue weighted by atomic mass is 16.4. The molecule has 0 atom stereocenters. The first kappa shape index (κ1) is 16.4. The van der Waals surface area contributed by atoms with Crippen LogP contribution >= 0.6 is 0 Å². The van der Waals surface area contributed by atoms with Crippen LogP contribution in [0, 0.1) is 5.92 Å². The number of carboxylic acids is 2. The van der Waals surface area contributed by atoms with Crippen molar-refractivity contribution in [2.24, 2.45) is 5.92 Å². The third-order valence-corrected chi connectivity index (χ3v) is 2.49. The fourth-order valence-electron chi connectivity index (χ4n) is 1.62. The molecule has 7 heteroatoms. The average molecular weight is 260 g/mol. The molecule has 0 radical (unpaired) electrons. The van der Waals surface area contributed by atoms with Gasteiger partial charge in [-0.25, -0.2) is 9.59 Å². The van der Waals surface area contributed by atoms with Crippen LogP contribution in [0.3, 0.4) is 0 Å². The van der Waals surface area contributed by atoms with E-state index in [0.717, 1.165) is 38.9 Å². The number of amides is 1. The summed E-state index contributed by atoms with van der Waals surface area (Å²) in [5.41, 5.74) is 0. The SMILES string of the molecule is CCNC(=O)CC1CCNCC1.O=C(O)C(=O)O. The van der Waals surface area contributed by atoms with Crippen LogP contribution in [0.25, 0.3) is 0 Å². The summed E-state index contributed by atoms with van der Waals surface area (Å²) >= 11 is 0. The van der Waals surface area contributed by atoms with Crippen molar-refractivity contribution in [1.29, 1.82) is 0 Å². The van der Waals surface area contributed by atoms with Gasteiger partial charge in [-0.15, -0.1) is 0 Å². The molecule has 1 rings (SSSR count). The van der Waals surface area contributed by atoms with Crippen molar-refractivity contribution in [2.45, 2.75) is 26.2 Å². The Morgan fingerprint density at radius 2 is 1.67 bits per heavy atom. The second-order valence-corrected chi connectivity index (χ2v) is 3.96. The maximum Gasteiger partial charge on any atom is 0.414 e. The molecule has 1 saturated heterocycles. The van der Waals surface area contributed by atoms with Crippen molar-refractivity contribution in [3.63, 3.8) is 0 Å². The predicted molar refractivity (Wildman–Crippen MR) is 64.2 cm³/mol. The molecule has 1 aliphatic heterocycles. The van der Waals surface area contributed by atoms with Crippen molar-refractivity contribution in [3.05, 3.63) is 0 Å². The number of hydrogen-bond acceptors (Lipinski definition) is 4. The smallest absolute Gasteiger partial charge is 0.414 e. The Bertz CT molecular complexity index is 275. The lowest BCUT2D eigenvalue weighted by Gasteiger charge is -2.21. The molecule has 0 aromatic rings. The Hall–Kier alpha value is -1.63. The minimum atomic E-state index is -1.82. The van der Waals surface area contributed by atoms with Gasteiger partial charge in [0.1, 0.15) is 0 Å². The zero-order chi connectivity index (χ0) is 14.0. The van der Waals surface area contributed by atoms with Crippen molar-refractivity contribution in [2.75, 3.05) is 19.6 Å². The number of rotatable bonds is 3. The van der Waals surface area contributed by atoms with E-state index in [0.29, 0.717) is 5.92 Å². The van der Waals surface area contributed by atoms with Crippen molar-refractivity contribution in [3.8, 4) is 0 Å². The van der Waals surface area contributed by atoms with Crippen LogP contribution in [-0.4, -0.2) is 47.7 Å². The zero-order valence-corrected chi connectivity index (χ0v) is 10.4. The van der Waals surface area contributed by atoms with E-state index in [9.17, 15) is 4.79 Å². The number of hydrogen-bond donors (Lipinski definition) is 4. The molecule has 0 unspecified atom stereocenters. The molecular weight excluding hydrogens is 240 g/mol. The van der Waals surface area contributed by atoms with Gasteiger partial charge >= 0.3 is 11.9 Å². The van der Waals surface area contributed by atoms with E-state index < -0.39 is 11.9 Å². The first-order valence-electron chi connectivity index (χ1n) is 5.91. The quantitative estimate of drug-likeness (QED) is 0.516. The van der Waals surface area contributed by atoms with Gasteiger partial charge in [0, 0.05) is 13.0 Å². The number of carboxylic acid groups (broad SMARTS) is 2. The fraction of sp³-hybridized carbons (Fsp3) is 0.727. The second kappa shape index (κ2) is 9.41. The predicted octanol–water partition coefficient (Wildman–Crippen LogP) is -0.332. The molecule has 1 amide bonds. The minimum absolute atomic E-state index is 0.212. The number of piperidine rings is 1. The summed E-state index contributed by atoms with van der Waals surface area (Å²) in [7, 11) is 0. The summed E-state index contributed by atoms with van der Waals surface area (Å²) in [4.78, 5) is 29.4. The molecule has 4 N–H and O–H groups in total. The van der Waals surface area contributed by atoms with E-state index in [1.807, 2.05) is 6.92 Å². The van der Waals surface area contributed by atoms with Gasteiger partial charge in [-0.2, -0.15) is 0 Å².